The van der Waals surface area contributed by atoms with Crippen LogP contribution in [0, 0.1) is 0 Å². The first-order valence-corrected chi connectivity index (χ1v) is 5.68. The molecule has 2 rings (SSSR count). The first-order valence-electron chi connectivity index (χ1n) is 4.69. The van der Waals surface area contributed by atoms with Gasteiger partial charge in [-0.2, -0.15) is 10.2 Å². The van der Waals surface area contributed by atoms with Crippen molar-refractivity contribution in [1.82, 2.24) is 9.78 Å². The van der Waals surface area contributed by atoms with E-state index in [1.165, 1.54) is 0 Å². The van der Waals surface area contributed by atoms with Crippen LogP contribution >= 0.6 is 11.8 Å². The first-order chi connectivity index (χ1) is 6.77. The third-order valence-corrected chi connectivity index (χ3v) is 2.96. The van der Waals surface area contributed by atoms with E-state index in [2.05, 4.69) is 29.2 Å². The molecule has 1 aromatic heterocycles. The van der Waals surface area contributed by atoms with Crippen molar-refractivity contribution in [2.45, 2.75) is 31.5 Å². The number of azo groups is 1. The van der Waals surface area contributed by atoms with Gasteiger partial charge in [-0.25, -0.2) is 4.68 Å². The van der Waals surface area contributed by atoms with E-state index in [0.29, 0.717) is 11.5 Å². The molecule has 76 valence electrons. The number of thioether (sulfide) groups is 1. The number of hydrogen-bond acceptors (Lipinski definition) is 5. The maximum Gasteiger partial charge on any atom is 0.199 e. The van der Waals surface area contributed by atoms with Gasteiger partial charge in [-0.1, -0.05) is 13.8 Å². The van der Waals surface area contributed by atoms with Crippen LogP contribution in [-0.2, 0) is 0 Å². The van der Waals surface area contributed by atoms with Crippen molar-refractivity contribution in [3.8, 4) is 0 Å². The second-order valence-electron chi connectivity index (χ2n) is 3.02. The number of aromatic nitrogens is 2. The quantitative estimate of drug-likeness (QED) is 0.781. The van der Waals surface area contributed by atoms with Gasteiger partial charge in [0.05, 0.1) is 0 Å². The van der Waals surface area contributed by atoms with Crippen LogP contribution in [0.15, 0.2) is 15.3 Å². The van der Waals surface area contributed by atoms with Gasteiger partial charge in [0.15, 0.2) is 12.0 Å². The number of nitrogen functional groups attached to an aromatic ring is 1. The van der Waals surface area contributed by atoms with Gasteiger partial charge in [0.2, 0.25) is 0 Å². The summed E-state index contributed by atoms with van der Waals surface area (Å²) in [6, 6.07) is 0. The molecule has 1 aliphatic heterocycles. The lowest BCUT2D eigenvalue weighted by molar-refractivity contribution is 0.472. The number of nitrogens with two attached hydrogens (primary N) is 1. The second-order valence-corrected chi connectivity index (χ2v) is 4.28. The van der Waals surface area contributed by atoms with Crippen LogP contribution in [-0.4, -0.2) is 15.5 Å². The fourth-order valence-corrected chi connectivity index (χ4v) is 2.06. The Hall–Kier alpha value is -1.04. The number of rotatable bonds is 3. The Morgan fingerprint density at radius 3 is 2.93 bits per heavy atom. The molecule has 1 unspecified atom stereocenters. The van der Waals surface area contributed by atoms with Crippen LogP contribution in [0.3, 0.4) is 0 Å². The SMILES string of the molecule is CCSc1nn2c(c1N)N=NC2CC. The first kappa shape index (κ1) is 9.51. The van der Waals surface area contributed by atoms with E-state index in [1.807, 2.05) is 4.68 Å². The molecular weight excluding hydrogens is 198 g/mol. The average molecular weight is 211 g/mol. The Labute approximate surface area is 86.8 Å². The van der Waals surface area contributed by atoms with Crippen LogP contribution in [0.2, 0.25) is 0 Å². The van der Waals surface area contributed by atoms with Crippen molar-refractivity contribution >= 4 is 23.3 Å². The molecule has 0 aliphatic carbocycles. The van der Waals surface area contributed by atoms with Crippen LogP contribution < -0.4 is 5.73 Å². The summed E-state index contributed by atoms with van der Waals surface area (Å²) in [5.41, 5.74) is 6.56. The topological polar surface area (TPSA) is 68.6 Å². The lowest BCUT2D eigenvalue weighted by atomic mass is 10.4. The van der Waals surface area contributed by atoms with E-state index < -0.39 is 0 Å². The predicted octanol–water partition coefficient (Wildman–Crippen LogP) is 2.58. The van der Waals surface area contributed by atoms with Gasteiger partial charge in [-0.3, -0.25) is 0 Å². The second kappa shape index (κ2) is 3.61. The minimum absolute atomic E-state index is 0.0403. The highest BCUT2D eigenvalue weighted by Gasteiger charge is 2.24. The van der Waals surface area contributed by atoms with Gasteiger partial charge in [-0.05, 0) is 12.2 Å². The smallest absolute Gasteiger partial charge is 0.199 e. The summed E-state index contributed by atoms with van der Waals surface area (Å²) in [6.07, 6.45) is 0.937. The molecule has 14 heavy (non-hydrogen) atoms. The van der Waals surface area contributed by atoms with Crippen molar-refractivity contribution in [1.29, 1.82) is 0 Å². The Kier molecular flexibility index (Phi) is 2.45. The molecule has 2 N–H and O–H groups in total. The van der Waals surface area contributed by atoms with Crippen LogP contribution in [0.4, 0.5) is 11.5 Å². The van der Waals surface area contributed by atoms with Crippen LogP contribution in [0.25, 0.3) is 0 Å². The van der Waals surface area contributed by atoms with Gasteiger partial charge < -0.3 is 5.73 Å². The molecule has 0 spiro atoms. The zero-order chi connectivity index (χ0) is 10.1. The molecular formula is C8H13N5S. The van der Waals surface area contributed by atoms with Crippen molar-refractivity contribution < 1.29 is 0 Å². The third-order valence-electron chi connectivity index (χ3n) is 2.10. The molecule has 1 atom stereocenters. The summed E-state index contributed by atoms with van der Waals surface area (Å²) in [4.78, 5) is 0. The highest BCUT2D eigenvalue weighted by molar-refractivity contribution is 7.99. The summed E-state index contributed by atoms with van der Waals surface area (Å²) >= 11 is 1.64. The summed E-state index contributed by atoms with van der Waals surface area (Å²) < 4.78 is 1.81. The van der Waals surface area contributed by atoms with Crippen molar-refractivity contribution in [3.63, 3.8) is 0 Å². The maximum absolute atomic E-state index is 5.90. The highest BCUT2D eigenvalue weighted by atomic mass is 32.2. The summed E-state index contributed by atoms with van der Waals surface area (Å²) in [5.74, 6) is 1.68. The zero-order valence-electron chi connectivity index (χ0n) is 8.27. The van der Waals surface area contributed by atoms with E-state index in [4.69, 9.17) is 5.73 Å². The average Bonchev–Trinajstić information content (AvgIpc) is 2.70. The van der Waals surface area contributed by atoms with Crippen molar-refractivity contribution in [2.24, 2.45) is 10.2 Å². The fraction of sp³-hybridized carbons (Fsp3) is 0.625. The summed E-state index contributed by atoms with van der Waals surface area (Å²) in [7, 11) is 0. The molecule has 1 aliphatic rings. The Bertz CT molecular complexity index is 370. The molecule has 0 radical (unpaired) electrons. The highest BCUT2D eigenvalue weighted by Crippen LogP contribution is 2.39. The van der Waals surface area contributed by atoms with E-state index in [-0.39, 0.29) is 6.17 Å². The number of anilines is 1. The zero-order valence-corrected chi connectivity index (χ0v) is 9.08. The van der Waals surface area contributed by atoms with E-state index in [1.54, 1.807) is 11.8 Å². The van der Waals surface area contributed by atoms with Gasteiger partial charge in [-0.15, -0.1) is 16.9 Å². The Balaban J connectivity index is 2.38. The molecule has 1 aromatic rings. The van der Waals surface area contributed by atoms with Crippen molar-refractivity contribution in [3.05, 3.63) is 0 Å². The van der Waals surface area contributed by atoms with Crippen molar-refractivity contribution in [2.75, 3.05) is 11.5 Å². The number of hydrogen-bond donors (Lipinski definition) is 1. The summed E-state index contributed by atoms with van der Waals surface area (Å²) in [6.45, 7) is 4.14. The van der Waals surface area contributed by atoms with E-state index in [9.17, 15) is 0 Å². The van der Waals surface area contributed by atoms with Gasteiger partial charge >= 0.3 is 0 Å². The predicted molar refractivity (Wildman–Crippen MR) is 56.9 cm³/mol. The summed E-state index contributed by atoms with van der Waals surface area (Å²) in [5, 5.41) is 13.4. The third kappa shape index (κ3) is 1.30. The Morgan fingerprint density at radius 1 is 1.50 bits per heavy atom. The monoisotopic (exact) mass is 211 g/mol. The lowest BCUT2D eigenvalue weighted by Gasteiger charge is -2.02. The normalized spacial score (nSPS) is 18.9. The standard InChI is InChI=1S/C8H13N5S/c1-3-5-10-11-7-6(9)8(14-4-2)12-13(5)7/h5H,3-4,9H2,1-2H3. The van der Waals surface area contributed by atoms with Gasteiger partial charge in [0.25, 0.3) is 0 Å². The largest absolute Gasteiger partial charge is 0.393 e. The van der Waals surface area contributed by atoms with Crippen LogP contribution in [0.5, 0.6) is 0 Å². The molecule has 6 heteroatoms. The fourth-order valence-electron chi connectivity index (χ4n) is 1.39. The minimum atomic E-state index is 0.0403. The molecule has 0 amide bonds. The minimum Gasteiger partial charge on any atom is -0.393 e. The molecule has 2 heterocycles. The molecule has 0 saturated heterocycles. The Morgan fingerprint density at radius 2 is 2.29 bits per heavy atom. The molecule has 0 fully saturated rings. The van der Waals surface area contributed by atoms with Gasteiger partial charge in [0.1, 0.15) is 10.7 Å². The van der Waals surface area contributed by atoms with Crippen LogP contribution in [0.1, 0.15) is 26.4 Å². The molecule has 0 bridgehead atoms. The lowest BCUT2D eigenvalue weighted by Crippen LogP contribution is -2.02. The number of fused-ring (bicyclic) bond motifs is 1. The van der Waals surface area contributed by atoms with Gasteiger partial charge in [0, 0.05) is 0 Å². The molecule has 0 saturated carbocycles. The molecule has 5 nitrogen and oxygen atoms in total. The van der Waals surface area contributed by atoms with E-state index >= 15 is 0 Å². The maximum atomic E-state index is 5.90. The van der Waals surface area contributed by atoms with E-state index in [0.717, 1.165) is 17.2 Å². The number of nitrogens with zero attached hydrogens (tertiary/aromatic N) is 4. The molecule has 0 aromatic carbocycles.